The van der Waals surface area contributed by atoms with Crippen molar-refractivity contribution in [3.63, 3.8) is 0 Å². The summed E-state index contributed by atoms with van der Waals surface area (Å²) < 4.78 is 0.964. The van der Waals surface area contributed by atoms with Crippen LogP contribution in [0.3, 0.4) is 0 Å². The van der Waals surface area contributed by atoms with Gasteiger partial charge in [-0.25, -0.2) is 9.59 Å². The molecule has 1 fully saturated rings. The highest BCUT2D eigenvalue weighted by Crippen LogP contribution is 2.20. The van der Waals surface area contributed by atoms with E-state index in [0.29, 0.717) is 5.69 Å². The number of nitrogens with zero attached hydrogens (tertiary/aromatic N) is 1. The standard InChI is InChI=1S/C12H13IN2O4/c13-7-2-1-3-8(4-7)14-12(19)15-6-9(16)5-10(15)11(17)18/h1-4,9-10,16H,5-6H2,(H,14,19)(H,17,18)/t9-,10-/m1/s1. The third kappa shape index (κ3) is 3.35. The number of benzene rings is 1. The Bertz CT molecular complexity index is 508. The smallest absolute Gasteiger partial charge is 0.326 e. The summed E-state index contributed by atoms with van der Waals surface area (Å²) in [5, 5.41) is 21.2. The molecule has 2 amide bonds. The van der Waals surface area contributed by atoms with Crippen molar-refractivity contribution in [2.45, 2.75) is 18.6 Å². The molecule has 0 spiro atoms. The van der Waals surface area contributed by atoms with E-state index < -0.39 is 24.1 Å². The highest BCUT2D eigenvalue weighted by atomic mass is 127. The van der Waals surface area contributed by atoms with Gasteiger partial charge in [-0.05, 0) is 40.8 Å². The number of carboxylic acid groups (broad SMARTS) is 1. The van der Waals surface area contributed by atoms with Gasteiger partial charge in [0.1, 0.15) is 6.04 Å². The molecule has 0 saturated carbocycles. The van der Waals surface area contributed by atoms with Crippen LogP contribution in [0.25, 0.3) is 0 Å². The Kier molecular flexibility index (Phi) is 4.25. The molecule has 1 aromatic carbocycles. The third-order valence-corrected chi connectivity index (χ3v) is 3.57. The first-order chi connectivity index (χ1) is 8.97. The Labute approximate surface area is 123 Å². The topological polar surface area (TPSA) is 89.9 Å². The second kappa shape index (κ2) is 5.74. The molecule has 6 nitrogen and oxygen atoms in total. The number of β-amino-alcohol motifs (C(OH)–C–C–N with tert-alkyl or cyclic N) is 1. The van der Waals surface area contributed by atoms with Gasteiger partial charge in [0.15, 0.2) is 0 Å². The molecule has 0 unspecified atom stereocenters. The van der Waals surface area contributed by atoms with Gasteiger partial charge in [-0.1, -0.05) is 6.07 Å². The fourth-order valence-electron chi connectivity index (χ4n) is 2.03. The number of anilines is 1. The van der Waals surface area contributed by atoms with E-state index >= 15 is 0 Å². The third-order valence-electron chi connectivity index (χ3n) is 2.90. The Balaban J connectivity index is 2.09. The lowest BCUT2D eigenvalue weighted by Gasteiger charge is -2.21. The fraction of sp³-hybridized carbons (Fsp3) is 0.333. The van der Waals surface area contributed by atoms with Crippen LogP contribution >= 0.6 is 22.6 Å². The van der Waals surface area contributed by atoms with E-state index in [1.807, 2.05) is 6.07 Å². The number of hydrogen-bond acceptors (Lipinski definition) is 3. The summed E-state index contributed by atoms with van der Waals surface area (Å²) in [5.74, 6) is -1.10. The van der Waals surface area contributed by atoms with Gasteiger partial charge in [0.2, 0.25) is 0 Å². The maximum absolute atomic E-state index is 12.0. The molecule has 0 radical (unpaired) electrons. The van der Waals surface area contributed by atoms with Crippen LogP contribution in [0, 0.1) is 3.57 Å². The molecule has 2 rings (SSSR count). The molecule has 1 saturated heterocycles. The minimum atomic E-state index is -1.10. The molecule has 1 aromatic rings. The number of carboxylic acids is 1. The second-order valence-electron chi connectivity index (χ2n) is 4.34. The highest BCUT2D eigenvalue weighted by molar-refractivity contribution is 14.1. The molecule has 19 heavy (non-hydrogen) atoms. The molecular weight excluding hydrogens is 363 g/mol. The van der Waals surface area contributed by atoms with Gasteiger partial charge < -0.3 is 20.4 Å². The molecule has 0 aromatic heterocycles. The maximum atomic E-state index is 12.0. The first-order valence-corrected chi connectivity index (χ1v) is 6.79. The summed E-state index contributed by atoms with van der Waals surface area (Å²) >= 11 is 2.12. The van der Waals surface area contributed by atoms with Crippen molar-refractivity contribution in [3.05, 3.63) is 27.8 Å². The van der Waals surface area contributed by atoms with Gasteiger partial charge in [0, 0.05) is 22.2 Å². The molecular formula is C12H13IN2O4. The van der Waals surface area contributed by atoms with E-state index in [2.05, 4.69) is 27.9 Å². The summed E-state index contributed by atoms with van der Waals surface area (Å²) in [4.78, 5) is 24.2. The van der Waals surface area contributed by atoms with Gasteiger partial charge in [-0.2, -0.15) is 0 Å². The zero-order chi connectivity index (χ0) is 14.0. The van der Waals surface area contributed by atoms with Crippen molar-refractivity contribution in [1.29, 1.82) is 0 Å². The normalized spacial score (nSPS) is 22.3. The maximum Gasteiger partial charge on any atom is 0.326 e. The largest absolute Gasteiger partial charge is 0.480 e. The predicted octanol–water partition coefficient (Wildman–Crippen LogP) is 1.34. The predicted molar refractivity (Wildman–Crippen MR) is 76.9 cm³/mol. The van der Waals surface area contributed by atoms with E-state index in [1.165, 1.54) is 0 Å². The van der Waals surface area contributed by atoms with E-state index in [-0.39, 0.29) is 13.0 Å². The average molecular weight is 376 g/mol. The van der Waals surface area contributed by atoms with E-state index in [0.717, 1.165) is 8.47 Å². The summed E-state index contributed by atoms with van der Waals surface area (Å²) in [6, 6.07) is 5.70. The van der Waals surface area contributed by atoms with Crippen LogP contribution in [0.5, 0.6) is 0 Å². The Morgan fingerprint density at radius 1 is 1.42 bits per heavy atom. The molecule has 1 heterocycles. The molecule has 1 aliphatic heterocycles. The number of amides is 2. The molecule has 3 N–H and O–H groups in total. The Morgan fingerprint density at radius 3 is 2.79 bits per heavy atom. The number of carbonyl (C=O) groups excluding carboxylic acids is 1. The van der Waals surface area contributed by atoms with E-state index in [9.17, 15) is 14.7 Å². The monoisotopic (exact) mass is 376 g/mol. The molecule has 1 aliphatic rings. The number of rotatable bonds is 2. The van der Waals surface area contributed by atoms with Crippen molar-refractivity contribution >= 4 is 40.3 Å². The molecule has 7 heteroatoms. The van der Waals surface area contributed by atoms with Crippen LogP contribution in [0.2, 0.25) is 0 Å². The van der Waals surface area contributed by atoms with Crippen molar-refractivity contribution in [2.75, 3.05) is 11.9 Å². The number of halogens is 1. The summed E-state index contributed by atoms with van der Waals surface area (Å²) in [7, 11) is 0. The number of aliphatic hydroxyl groups is 1. The first kappa shape index (κ1) is 14.1. The minimum absolute atomic E-state index is 0.0345. The van der Waals surface area contributed by atoms with E-state index in [1.54, 1.807) is 18.2 Å². The second-order valence-corrected chi connectivity index (χ2v) is 5.58. The number of aliphatic hydroxyl groups excluding tert-OH is 1. The Hall–Kier alpha value is -1.35. The van der Waals surface area contributed by atoms with Crippen LogP contribution in [0.15, 0.2) is 24.3 Å². The quantitative estimate of drug-likeness (QED) is 0.680. The van der Waals surface area contributed by atoms with Crippen LogP contribution in [0.4, 0.5) is 10.5 Å². The average Bonchev–Trinajstić information content (AvgIpc) is 2.71. The number of aliphatic carboxylic acids is 1. The van der Waals surface area contributed by atoms with Crippen molar-refractivity contribution in [1.82, 2.24) is 4.90 Å². The number of carbonyl (C=O) groups is 2. The SMILES string of the molecule is O=C(O)[C@H]1C[C@@H](O)CN1C(=O)Nc1cccc(I)c1. The van der Waals surface area contributed by atoms with Gasteiger partial charge in [0.25, 0.3) is 0 Å². The van der Waals surface area contributed by atoms with Crippen molar-refractivity contribution < 1.29 is 19.8 Å². The zero-order valence-electron chi connectivity index (χ0n) is 9.91. The molecule has 0 bridgehead atoms. The summed E-state index contributed by atoms with van der Waals surface area (Å²) in [5.41, 5.74) is 0.599. The number of likely N-dealkylation sites (tertiary alicyclic amines) is 1. The Morgan fingerprint density at radius 2 is 2.16 bits per heavy atom. The molecule has 102 valence electrons. The van der Waals surface area contributed by atoms with Crippen LogP contribution in [-0.2, 0) is 4.79 Å². The van der Waals surface area contributed by atoms with Gasteiger partial charge in [0.05, 0.1) is 6.10 Å². The minimum Gasteiger partial charge on any atom is -0.480 e. The van der Waals surface area contributed by atoms with Gasteiger partial charge in [-0.15, -0.1) is 0 Å². The number of hydrogen-bond donors (Lipinski definition) is 3. The summed E-state index contributed by atoms with van der Waals surface area (Å²) in [6.45, 7) is 0.0345. The lowest BCUT2D eigenvalue weighted by atomic mass is 10.2. The number of urea groups is 1. The van der Waals surface area contributed by atoms with Gasteiger partial charge in [-0.3, -0.25) is 0 Å². The van der Waals surface area contributed by atoms with Crippen molar-refractivity contribution in [2.24, 2.45) is 0 Å². The van der Waals surface area contributed by atoms with Crippen LogP contribution in [0.1, 0.15) is 6.42 Å². The lowest BCUT2D eigenvalue weighted by Crippen LogP contribution is -2.43. The molecule has 2 atom stereocenters. The highest BCUT2D eigenvalue weighted by Gasteiger charge is 2.38. The molecule has 0 aliphatic carbocycles. The fourth-order valence-corrected chi connectivity index (χ4v) is 2.58. The lowest BCUT2D eigenvalue weighted by molar-refractivity contribution is -0.141. The zero-order valence-corrected chi connectivity index (χ0v) is 12.1. The van der Waals surface area contributed by atoms with Crippen LogP contribution in [-0.4, -0.2) is 45.8 Å². The van der Waals surface area contributed by atoms with Crippen LogP contribution < -0.4 is 5.32 Å². The number of nitrogens with one attached hydrogen (secondary N) is 1. The summed E-state index contributed by atoms with van der Waals surface area (Å²) in [6.07, 6.45) is -0.725. The first-order valence-electron chi connectivity index (χ1n) is 5.71. The van der Waals surface area contributed by atoms with E-state index in [4.69, 9.17) is 5.11 Å². The van der Waals surface area contributed by atoms with Gasteiger partial charge >= 0.3 is 12.0 Å². The van der Waals surface area contributed by atoms with Crippen molar-refractivity contribution in [3.8, 4) is 0 Å².